The van der Waals surface area contributed by atoms with Crippen LogP contribution < -0.4 is 34.6 Å². The van der Waals surface area contributed by atoms with E-state index in [9.17, 15) is 29.1 Å². The summed E-state index contributed by atoms with van der Waals surface area (Å²) < 4.78 is 30.3. The van der Waals surface area contributed by atoms with Crippen molar-refractivity contribution < 1.29 is 48.0 Å². The highest BCUT2D eigenvalue weighted by Gasteiger charge is 2.61. The van der Waals surface area contributed by atoms with Crippen LogP contribution in [0.2, 0.25) is 5.02 Å². The number of rotatable bonds is 11. The predicted molar refractivity (Wildman–Crippen MR) is 214 cm³/mol. The lowest BCUT2D eigenvalue weighted by atomic mass is 9.69. The Morgan fingerprint density at radius 3 is 2.59 bits per heavy atom. The number of aliphatic hydroxyl groups is 1. The van der Waals surface area contributed by atoms with Crippen LogP contribution in [0.25, 0.3) is 0 Å². The highest BCUT2D eigenvalue weighted by molar-refractivity contribution is 7.98. The molecule has 8 rings (SSSR count). The second-order valence-electron chi connectivity index (χ2n) is 15.5. The highest BCUT2D eigenvalue weighted by Crippen LogP contribution is 2.56. The summed E-state index contributed by atoms with van der Waals surface area (Å²) >= 11 is 8.21. The number of likely N-dealkylation sites (tertiary alicyclic amines) is 1. The zero-order valence-electron chi connectivity index (χ0n) is 32.5. The summed E-state index contributed by atoms with van der Waals surface area (Å²) in [7, 11) is 2.78. The number of ether oxygens (including phenoxy) is 5. The van der Waals surface area contributed by atoms with Gasteiger partial charge in [0.2, 0.25) is 30.0 Å². The van der Waals surface area contributed by atoms with Gasteiger partial charge in [-0.3, -0.25) is 24.0 Å². The number of amides is 2. The van der Waals surface area contributed by atoms with Gasteiger partial charge in [-0.05, 0) is 54.5 Å². The molecule has 2 bridgehead atoms. The van der Waals surface area contributed by atoms with Crippen LogP contribution in [-0.4, -0.2) is 95.7 Å². The van der Waals surface area contributed by atoms with E-state index in [1.54, 1.807) is 58.5 Å². The number of hydrogen-bond acceptors (Lipinski definition) is 12. The van der Waals surface area contributed by atoms with E-state index in [0.29, 0.717) is 48.9 Å². The van der Waals surface area contributed by atoms with Gasteiger partial charge in [0.1, 0.15) is 28.1 Å². The molecule has 58 heavy (non-hydrogen) atoms. The van der Waals surface area contributed by atoms with E-state index < -0.39 is 46.7 Å². The average molecular weight is 834 g/mol. The van der Waals surface area contributed by atoms with Crippen molar-refractivity contribution in [3.8, 4) is 28.7 Å². The number of hydrogen-bond donors (Lipinski definition) is 2. The number of pyridine rings is 1. The van der Waals surface area contributed by atoms with Gasteiger partial charge in [-0.2, -0.15) is 11.8 Å². The van der Waals surface area contributed by atoms with Gasteiger partial charge in [-0.1, -0.05) is 30.7 Å². The molecule has 5 aliphatic rings. The van der Waals surface area contributed by atoms with Gasteiger partial charge in [0.05, 0.1) is 14.2 Å². The second kappa shape index (κ2) is 15.6. The van der Waals surface area contributed by atoms with Crippen LogP contribution in [0.1, 0.15) is 66.1 Å². The van der Waals surface area contributed by atoms with Crippen LogP contribution in [-0.2, 0) is 20.9 Å². The van der Waals surface area contributed by atoms with Crippen LogP contribution >= 0.6 is 23.4 Å². The third-order valence-corrected chi connectivity index (χ3v) is 13.1. The fourth-order valence-corrected chi connectivity index (χ4v) is 10.0. The van der Waals surface area contributed by atoms with E-state index in [0.717, 1.165) is 12.1 Å². The zero-order chi connectivity index (χ0) is 41.0. The van der Waals surface area contributed by atoms with Gasteiger partial charge in [0, 0.05) is 73.6 Å². The molecule has 1 fully saturated rings. The number of benzene rings is 2. The van der Waals surface area contributed by atoms with Gasteiger partial charge >= 0.3 is 0 Å². The minimum absolute atomic E-state index is 0.00896. The number of fused-ring (bicyclic) bond motifs is 6. The molecule has 4 aliphatic heterocycles. The van der Waals surface area contributed by atoms with Crippen molar-refractivity contribution >= 4 is 46.7 Å². The molecule has 5 heterocycles. The number of nitrogens with one attached hydrogen (secondary N) is 1. The van der Waals surface area contributed by atoms with Gasteiger partial charge < -0.3 is 43.6 Å². The number of ketones is 2. The number of carbonyl (C=O) groups excluding carboxylic acids is 4. The molecule has 6 unspecified atom stereocenters. The molecular weight excluding hydrogens is 790 g/mol. The first-order valence-electron chi connectivity index (χ1n) is 19.2. The zero-order valence-corrected chi connectivity index (χ0v) is 34.1. The Morgan fingerprint density at radius 1 is 1.05 bits per heavy atom. The number of aromatic nitrogens is 1. The quantitative estimate of drug-likeness (QED) is 0.264. The molecule has 2 aromatic carbocycles. The Balaban J connectivity index is 1.13. The van der Waals surface area contributed by atoms with E-state index in [-0.39, 0.29) is 76.3 Å². The molecule has 1 spiro atoms. The smallest absolute Gasteiger partial charge is 0.250 e. The summed E-state index contributed by atoms with van der Waals surface area (Å²) in [6.45, 7) is 2.99. The van der Waals surface area contributed by atoms with Crippen molar-refractivity contribution in [3.63, 3.8) is 0 Å². The Bertz CT molecular complexity index is 2310. The number of aliphatic hydroxyl groups excluding tert-OH is 1. The monoisotopic (exact) mass is 833 g/mol. The minimum atomic E-state index is -2.08. The summed E-state index contributed by atoms with van der Waals surface area (Å²) in [5, 5.41) is 15.3. The van der Waals surface area contributed by atoms with E-state index in [2.05, 4.69) is 5.32 Å². The predicted octanol–water partition coefficient (Wildman–Crippen LogP) is 5.04. The van der Waals surface area contributed by atoms with Crippen LogP contribution in [0.15, 0.2) is 58.6 Å². The summed E-state index contributed by atoms with van der Waals surface area (Å²) in [4.78, 5) is 71.9. The number of allylic oxidation sites excluding steroid dienone is 1. The maximum atomic E-state index is 14.6. The van der Waals surface area contributed by atoms with Gasteiger partial charge in [-0.25, -0.2) is 0 Å². The second-order valence-corrected chi connectivity index (χ2v) is 16.8. The molecule has 1 aromatic heterocycles. The first-order chi connectivity index (χ1) is 27.9. The van der Waals surface area contributed by atoms with Crippen LogP contribution in [0.4, 0.5) is 0 Å². The van der Waals surface area contributed by atoms with E-state index in [4.69, 9.17) is 35.3 Å². The third-order valence-electron chi connectivity index (χ3n) is 12.1. The number of thioether (sulfide) groups is 1. The first-order valence-corrected chi connectivity index (χ1v) is 21.0. The number of halogens is 1. The van der Waals surface area contributed by atoms with Crippen molar-refractivity contribution in [2.75, 3.05) is 46.1 Å². The minimum Gasteiger partial charge on any atom is -0.507 e. The summed E-state index contributed by atoms with van der Waals surface area (Å²) in [6, 6.07) is 10.8. The molecule has 2 amide bonds. The molecule has 6 atom stereocenters. The lowest BCUT2D eigenvalue weighted by molar-refractivity contribution is -0.139. The molecule has 2 N–H and O–H groups in total. The van der Waals surface area contributed by atoms with Crippen molar-refractivity contribution in [3.05, 3.63) is 86.0 Å². The van der Waals surface area contributed by atoms with Crippen LogP contribution in [0.3, 0.4) is 0 Å². The van der Waals surface area contributed by atoms with E-state index >= 15 is 0 Å². The summed E-state index contributed by atoms with van der Waals surface area (Å²) in [6.07, 6.45) is 2.55. The maximum absolute atomic E-state index is 14.6. The van der Waals surface area contributed by atoms with Gasteiger partial charge in [0.25, 0.3) is 5.56 Å². The number of nitrogens with zero attached hydrogens (tertiary/aromatic N) is 2. The molecule has 14 nitrogen and oxygen atoms in total. The van der Waals surface area contributed by atoms with E-state index in [1.165, 1.54) is 20.3 Å². The fourth-order valence-electron chi connectivity index (χ4n) is 9.28. The molecule has 0 saturated carbocycles. The molecule has 1 aliphatic carbocycles. The lowest BCUT2D eigenvalue weighted by Crippen LogP contribution is -2.55. The summed E-state index contributed by atoms with van der Waals surface area (Å²) in [5.41, 5.74) is -0.978. The van der Waals surface area contributed by atoms with Crippen LogP contribution in [0, 0.1) is 11.8 Å². The van der Waals surface area contributed by atoms with Crippen molar-refractivity contribution in [1.82, 2.24) is 14.8 Å². The van der Waals surface area contributed by atoms with Gasteiger partial charge in [0.15, 0.2) is 28.8 Å². The Labute approximate surface area is 343 Å². The van der Waals surface area contributed by atoms with Crippen molar-refractivity contribution in [1.29, 1.82) is 0 Å². The molecule has 16 heteroatoms. The van der Waals surface area contributed by atoms with Crippen molar-refractivity contribution in [2.45, 2.75) is 62.6 Å². The number of piperidine rings is 1. The standard InChI is InChI=1S/C42H44ClN3O11S/c1-21-12-28(47)35(39(50)42(21)40(51)36-31(53-2)16-32(54-3)37(43)38(36)57-42)25(23-8-9-29-30(14-23)56-20-55-29)15-33(48)44-26(10-11-58-4)41(52)45-17-22-13-24(19-45)27-6-5-7-34(49)46(27)18-22/h5-9,14,16,21-22,24-26,50H,10-13,15,17-20H2,1-4H3,(H,44,48). The molecule has 306 valence electrons. The number of Topliss-reactive ketones (excluding diaryl/α,β-unsaturated/α-hetero) is 2. The SMILES string of the molecule is COc1cc(OC)c2c(c1Cl)OC1(C2=O)C(O)=C(C(CC(=O)NC(CCSC)C(=O)N2CC3CC(C2)c2cccc(=O)n2C3)c2ccc3c(c2)OCO3)C(=O)CC1C. The third kappa shape index (κ3) is 6.55. The van der Waals surface area contributed by atoms with Crippen LogP contribution in [0.5, 0.6) is 28.7 Å². The largest absolute Gasteiger partial charge is 0.507 e. The Hall–Kier alpha value is -5.15. The lowest BCUT2D eigenvalue weighted by Gasteiger charge is -2.43. The first kappa shape index (κ1) is 39.7. The summed E-state index contributed by atoms with van der Waals surface area (Å²) in [5.74, 6) is -2.78. The van der Waals surface area contributed by atoms with Crippen molar-refractivity contribution in [2.24, 2.45) is 11.8 Å². The Morgan fingerprint density at radius 2 is 1.83 bits per heavy atom. The van der Waals surface area contributed by atoms with Gasteiger partial charge in [-0.15, -0.1) is 0 Å². The molecule has 0 radical (unpaired) electrons. The average Bonchev–Trinajstić information content (AvgIpc) is 3.81. The maximum Gasteiger partial charge on any atom is 0.250 e. The molecule has 3 aromatic rings. The Kier molecular flexibility index (Phi) is 10.6. The molecular formula is C42H44ClN3O11S. The highest BCUT2D eigenvalue weighted by atomic mass is 35.5. The molecule has 1 saturated heterocycles. The number of carbonyl (C=O) groups is 4. The van der Waals surface area contributed by atoms with E-state index in [1.807, 2.05) is 12.3 Å². The topological polar surface area (TPSA) is 172 Å². The number of methoxy groups -OCH3 is 2. The normalized spacial score (nSPS) is 23.9. The fraction of sp³-hybridized carbons (Fsp3) is 0.452.